The van der Waals surface area contributed by atoms with Gasteiger partial charge in [-0.15, -0.1) is 0 Å². The van der Waals surface area contributed by atoms with Gasteiger partial charge in [-0.05, 0) is 98.4 Å². The third-order valence-corrected chi connectivity index (χ3v) is 13.5. The molecule has 0 spiro atoms. The number of aromatic hydroxyl groups is 1. The molecule has 0 unspecified atom stereocenters. The zero-order valence-electron chi connectivity index (χ0n) is 31.9. The molecule has 3 atom stereocenters. The minimum atomic E-state index is -0.574. The second-order valence-electron chi connectivity index (χ2n) is 16.6. The highest BCUT2D eigenvalue weighted by Crippen LogP contribution is 2.42. The second kappa shape index (κ2) is 15.3. The van der Waals surface area contributed by atoms with E-state index >= 15 is 0 Å². The number of para-hydroxylation sites is 1. The molecular weight excluding hydrogens is 703 g/mol. The molecule has 0 bridgehead atoms. The van der Waals surface area contributed by atoms with Gasteiger partial charge in [0.15, 0.2) is 0 Å². The number of carbonyl (C=O) groups is 3. The van der Waals surface area contributed by atoms with Gasteiger partial charge in [-0.1, -0.05) is 54.6 Å². The van der Waals surface area contributed by atoms with Crippen molar-refractivity contribution in [2.75, 3.05) is 62.2 Å². The Morgan fingerprint density at radius 1 is 0.804 bits per heavy atom. The first-order valence-corrected chi connectivity index (χ1v) is 20.5. The lowest BCUT2D eigenvalue weighted by atomic mass is 9.71. The molecule has 6 heterocycles. The van der Waals surface area contributed by atoms with E-state index in [0.717, 1.165) is 101 Å². The van der Waals surface area contributed by atoms with Crippen molar-refractivity contribution >= 4 is 29.1 Å². The Bertz CT molecular complexity index is 2060. The molecule has 5 saturated heterocycles. The third-order valence-electron chi connectivity index (χ3n) is 13.5. The predicted molar refractivity (Wildman–Crippen MR) is 215 cm³/mol. The average molecular weight is 754 g/mol. The molecule has 3 amide bonds. The third kappa shape index (κ3) is 7.02. The Hall–Kier alpha value is -5.29. The molecule has 4 aromatic rings. The van der Waals surface area contributed by atoms with Crippen molar-refractivity contribution in [2.24, 2.45) is 11.8 Å². The summed E-state index contributed by atoms with van der Waals surface area (Å²) >= 11 is 0. The lowest BCUT2D eigenvalue weighted by Gasteiger charge is -2.44. The average Bonchev–Trinajstić information content (AvgIpc) is 3.83. The van der Waals surface area contributed by atoms with Gasteiger partial charge in [0.1, 0.15) is 5.75 Å². The molecule has 290 valence electrons. The molecule has 0 saturated carbocycles. The second-order valence-corrected chi connectivity index (χ2v) is 16.6. The van der Waals surface area contributed by atoms with Crippen molar-refractivity contribution in [1.82, 2.24) is 25.3 Å². The van der Waals surface area contributed by atoms with Crippen molar-refractivity contribution in [3.05, 3.63) is 102 Å². The Labute approximate surface area is 328 Å². The van der Waals surface area contributed by atoms with Crippen LogP contribution in [0.25, 0.3) is 11.3 Å². The van der Waals surface area contributed by atoms with Crippen LogP contribution in [0.4, 0.5) is 11.4 Å². The van der Waals surface area contributed by atoms with Crippen LogP contribution in [0.1, 0.15) is 62.0 Å². The number of carbonyl (C=O) groups excluding carboxylic acids is 3. The van der Waals surface area contributed by atoms with E-state index in [1.807, 2.05) is 24.3 Å². The fourth-order valence-corrected chi connectivity index (χ4v) is 10.3. The van der Waals surface area contributed by atoms with Crippen LogP contribution in [0.2, 0.25) is 0 Å². The zero-order valence-corrected chi connectivity index (χ0v) is 31.9. The number of imide groups is 1. The number of rotatable bonds is 8. The highest BCUT2D eigenvalue weighted by atomic mass is 16.3. The Balaban J connectivity index is 0.820. The van der Waals surface area contributed by atoms with Gasteiger partial charge in [-0.3, -0.25) is 24.6 Å². The minimum absolute atomic E-state index is 0.179. The summed E-state index contributed by atoms with van der Waals surface area (Å²) < 4.78 is 0. The van der Waals surface area contributed by atoms with Crippen molar-refractivity contribution in [3.8, 4) is 17.0 Å². The molecule has 5 aliphatic heterocycles. The fourth-order valence-electron chi connectivity index (χ4n) is 10.3. The summed E-state index contributed by atoms with van der Waals surface area (Å²) in [4.78, 5) is 48.5. The van der Waals surface area contributed by atoms with Crippen molar-refractivity contribution < 1.29 is 19.5 Å². The molecule has 11 heteroatoms. The van der Waals surface area contributed by atoms with Crippen molar-refractivity contribution in [2.45, 2.75) is 62.3 Å². The summed E-state index contributed by atoms with van der Waals surface area (Å²) in [6.07, 6.45) is 7.61. The van der Waals surface area contributed by atoms with Crippen LogP contribution < -0.4 is 15.1 Å². The summed E-state index contributed by atoms with van der Waals surface area (Å²) in [6, 6.07) is 28.4. The summed E-state index contributed by atoms with van der Waals surface area (Å²) in [5.74, 6) is 0.983. The normalized spacial score (nSPS) is 24.3. The number of piperidine rings is 3. The number of nitrogens with zero attached hydrogens (tertiary/aromatic N) is 6. The fraction of sp³-hybridized carbons (Fsp3) is 0.444. The monoisotopic (exact) mass is 753 g/mol. The molecule has 3 aromatic carbocycles. The first kappa shape index (κ1) is 36.4. The molecule has 9 rings (SSSR count). The number of anilines is 2. The summed E-state index contributed by atoms with van der Waals surface area (Å²) in [6.45, 7) is 7.31. The number of nitrogens with one attached hydrogen (secondary N) is 1. The maximum absolute atomic E-state index is 14.9. The Morgan fingerprint density at radius 3 is 2.29 bits per heavy atom. The molecular formula is C45H51N7O4. The van der Waals surface area contributed by atoms with E-state index in [9.17, 15) is 19.5 Å². The van der Waals surface area contributed by atoms with Gasteiger partial charge >= 0.3 is 0 Å². The lowest BCUT2D eigenvalue weighted by Crippen LogP contribution is -2.53. The summed E-state index contributed by atoms with van der Waals surface area (Å²) in [5, 5.41) is 21.5. The van der Waals surface area contributed by atoms with Crippen molar-refractivity contribution in [1.29, 1.82) is 0 Å². The highest BCUT2D eigenvalue weighted by molar-refractivity contribution is 6.01. The van der Waals surface area contributed by atoms with Crippen LogP contribution in [0.15, 0.2) is 91.1 Å². The van der Waals surface area contributed by atoms with E-state index in [-0.39, 0.29) is 29.4 Å². The van der Waals surface area contributed by atoms with Gasteiger partial charge in [0.25, 0.3) is 0 Å². The maximum atomic E-state index is 14.9. The molecule has 5 aliphatic rings. The zero-order chi connectivity index (χ0) is 38.2. The van der Waals surface area contributed by atoms with Gasteiger partial charge in [-0.25, -0.2) is 0 Å². The van der Waals surface area contributed by atoms with Gasteiger partial charge < -0.3 is 19.8 Å². The van der Waals surface area contributed by atoms with E-state index < -0.39 is 5.41 Å². The van der Waals surface area contributed by atoms with E-state index in [1.165, 1.54) is 5.69 Å². The van der Waals surface area contributed by atoms with Crippen LogP contribution in [0.5, 0.6) is 5.75 Å². The number of aromatic nitrogens is 2. The largest absolute Gasteiger partial charge is 0.507 e. The number of hydrogen-bond donors (Lipinski definition) is 2. The molecule has 2 N–H and O–H groups in total. The summed E-state index contributed by atoms with van der Waals surface area (Å²) in [5.41, 5.74) is 4.94. The number of benzene rings is 3. The van der Waals surface area contributed by atoms with Crippen molar-refractivity contribution in [3.63, 3.8) is 0 Å². The van der Waals surface area contributed by atoms with Gasteiger partial charge in [0.05, 0.1) is 28.9 Å². The smallest absolute Gasteiger partial charge is 0.234 e. The molecule has 56 heavy (non-hydrogen) atoms. The van der Waals surface area contributed by atoms with Crippen LogP contribution >= 0.6 is 0 Å². The van der Waals surface area contributed by atoms with E-state index in [0.29, 0.717) is 42.0 Å². The number of likely N-dealkylation sites (tertiary alicyclic amines) is 2. The number of hydrogen-bond acceptors (Lipinski definition) is 9. The van der Waals surface area contributed by atoms with E-state index in [1.54, 1.807) is 18.3 Å². The topological polar surface area (TPSA) is 122 Å². The predicted octanol–water partition coefficient (Wildman–Crippen LogP) is 5.36. The number of phenols is 1. The van der Waals surface area contributed by atoms with Crippen LogP contribution in [-0.2, 0) is 19.8 Å². The number of amides is 3. The molecule has 1 aromatic heterocycles. The molecule has 0 aliphatic carbocycles. The number of phenolic OH excluding ortho intramolecular Hbond substituents is 1. The number of fused-ring (bicyclic) bond motifs is 1. The van der Waals surface area contributed by atoms with Gasteiger partial charge in [-0.2, -0.15) is 10.2 Å². The van der Waals surface area contributed by atoms with Gasteiger partial charge in [0.2, 0.25) is 17.7 Å². The maximum Gasteiger partial charge on any atom is 0.234 e. The van der Waals surface area contributed by atoms with E-state index in [4.69, 9.17) is 0 Å². The quantitative estimate of drug-likeness (QED) is 0.229. The highest BCUT2D eigenvalue weighted by Gasteiger charge is 2.50. The standard InChI is InChI=1S/C45H51N7O4/c53-41-9-5-4-8-38(41)39-26-36(27-46-48-39)50-24-19-45(20-25-50,34-6-2-1-3-7-34)44(56)52-29-33-18-23-51(40(33)30-52)28-31-16-21-49(22-17-31)35-12-10-32(11-13-35)37-14-15-42(54)47-43(37)55/h1-13,26-27,31,33,37,40,53H,14-25,28-30H2,(H,47,54,55)/t33-,37-,40+/m1/s1. The first-order chi connectivity index (χ1) is 27.3. The minimum Gasteiger partial charge on any atom is -0.507 e. The lowest BCUT2D eigenvalue weighted by molar-refractivity contribution is -0.138. The Morgan fingerprint density at radius 2 is 1.54 bits per heavy atom. The van der Waals surface area contributed by atoms with Crippen LogP contribution in [-0.4, -0.2) is 101 Å². The summed E-state index contributed by atoms with van der Waals surface area (Å²) in [7, 11) is 0. The van der Waals surface area contributed by atoms with Crippen LogP contribution in [0, 0.1) is 11.8 Å². The molecule has 11 nitrogen and oxygen atoms in total. The van der Waals surface area contributed by atoms with Gasteiger partial charge in [0, 0.05) is 69.5 Å². The Kier molecular flexibility index (Phi) is 9.95. The SMILES string of the molecule is O=C1CC[C@H](c2ccc(N3CCC(CN4CC[C@@H]5CN(C(=O)C6(c7ccccc7)CCN(c7cnnc(-c8ccccc8O)c7)CC6)C[C@@H]54)CC3)cc2)C(=O)N1. The molecule has 0 radical (unpaired) electrons. The first-order valence-electron chi connectivity index (χ1n) is 20.5. The van der Waals surface area contributed by atoms with Crippen LogP contribution in [0.3, 0.4) is 0 Å². The molecule has 5 fully saturated rings. The van der Waals surface area contributed by atoms with E-state index in [2.05, 4.69) is 83.6 Å².